The van der Waals surface area contributed by atoms with Crippen LogP contribution in [0.3, 0.4) is 0 Å². The molecule has 0 radical (unpaired) electrons. The molecule has 1 saturated heterocycles. The third kappa shape index (κ3) is 4.31. The van der Waals surface area contributed by atoms with Crippen molar-refractivity contribution in [3.8, 4) is 0 Å². The number of benzene rings is 1. The SMILES string of the molecule is CCCN1C(=O)C(CCc2ccccc2)NC1CC(C)C. The summed E-state index contributed by atoms with van der Waals surface area (Å²) in [6.45, 7) is 7.43. The second kappa shape index (κ2) is 7.60. The molecule has 0 bridgehead atoms. The molecule has 3 nitrogen and oxygen atoms in total. The van der Waals surface area contributed by atoms with E-state index < -0.39 is 0 Å². The molecule has 0 spiro atoms. The first-order valence-corrected chi connectivity index (χ1v) is 8.22. The summed E-state index contributed by atoms with van der Waals surface area (Å²) in [5.41, 5.74) is 1.31. The van der Waals surface area contributed by atoms with Crippen molar-refractivity contribution in [3.05, 3.63) is 35.9 Å². The van der Waals surface area contributed by atoms with Crippen molar-refractivity contribution in [1.82, 2.24) is 10.2 Å². The molecule has 1 N–H and O–H groups in total. The van der Waals surface area contributed by atoms with E-state index in [1.54, 1.807) is 0 Å². The number of rotatable bonds is 7. The van der Waals surface area contributed by atoms with E-state index in [0.717, 1.165) is 32.2 Å². The number of hydrogen-bond donors (Lipinski definition) is 1. The maximum absolute atomic E-state index is 12.6. The van der Waals surface area contributed by atoms with Crippen LogP contribution in [0.2, 0.25) is 0 Å². The van der Waals surface area contributed by atoms with E-state index in [2.05, 4.69) is 55.3 Å². The van der Waals surface area contributed by atoms with Gasteiger partial charge in [0.25, 0.3) is 0 Å². The van der Waals surface area contributed by atoms with E-state index in [0.29, 0.717) is 11.8 Å². The average Bonchev–Trinajstić information content (AvgIpc) is 2.75. The molecule has 0 aliphatic carbocycles. The van der Waals surface area contributed by atoms with Gasteiger partial charge in [0.2, 0.25) is 5.91 Å². The van der Waals surface area contributed by atoms with Crippen LogP contribution < -0.4 is 5.32 Å². The Hall–Kier alpha value is -1.35. The quantitative estimate of drug-likeness (QED) is 0.835. The minimum Gasteiger partial charge on any atom is -0.326 e. The first kappa shape index (κ1) is 16.0. The Morgan fingerprint density at radius 3 is 2.57 bits per heavy atom. The number of hydrogen-bond acceptors (Lipinski definition) is 2. The Morgan fingerprint density at radius 1 is 1.24 bits per heavy atom. The standard InChI is InChI=1S/C18H28N2O/c1-4-12-20-17(13-14(2)3)19-16(18(20)21)11-10-15-8-6-5-7-9-15/h5-9,14,16-17,19H,4,10-13H2,1-3H3. The Morgan fingerprint density at radius 2 is 1.95 bits per heavy atom. The van der Waals surface area contributed by atoms with Gasteiger partial charge in [-0.25, -0.2) is 0 Å². The minimum atomic E-state index is -0.0134. The van der Waals surface area contributed by atoms with Crippen LogP contribution in [0.5, 0.6) is 0 Å². The minimum absolute atomic E-state index is 0.0134. The lowest BCUT2D eigenvalue weighted by Gasteiger charge is -2.25. The lowest BCUT2D eigenvalue weighted by molar-refractivity contribution is -0.130. The van der Waals surface area contributed by atoms with Crippen LogP contribution >= 0.6 is 0 Å². The largest absolute Gasteiger partial charge is 0.326 e. The van der Waals surface area contributed by atoms with Crippen molar-refractivity contribution in [2.75, 3.05) is 6.54 Å². The Labute approximate surface area is 128 Å². The fraction of sp³-hybridized carbons (Fsp3) is 0.611. The van der Waals surface area contributed by atoms with Crippen LogP contribution in [0.15, 0.2) is 30.3 Å². The lowest BCUT2D eigenvalue weighted by Crippen LogP contribution is -2.38. The first-order chi connectivity index (χ1) is 10.1. The maximum atomic E-state index is 12.6. The fourth-order valence-electron chi connectivity index (χ4n) is 3.06. The smallest absolute Gasteiger partial charge is 0.241 e. The molecule has 2 unspecified atom stereocenters. The van der Waals surface area contributed by atoms with Crippen molar-refractivity contribution in [2.24, 2.45) is 5.92 Å². The summed E-state index contributed by atoms with van der Waals surface area (Å²) in [5.74, 6) is 0.890. The molecule has 1 amide bonds. The fourth-order valence-corrected chi connectivity index (χ4v) is 3.06. The van der Waals surface area contributed by atoms with Gasteiger partial charge < -0.3 is 4.90 Å². The maximum Gasteiger partial charge on any atom is 0.241 e. The molecule has 0 saturated carbocycles. The van der Waals surface area contributed by atoms with Crippen LogP contribution in [0, 0.1) is 5.92 Å². The molecule has 2 rings (SSSR count). The van der Waals surface area contributed by atoms with Crippen LogP contribution in [-0.2, 0) is 11.2 Å². The molecule has 116 valence electrons. The molecule has 2 atom stereocenters. The highest BCUT2D eigenvalue weighted by Gasteiger charge is 2.37. The van der Waals surface area contributed by atoms with Crippen LogP contribution in [0.25, 0.3) is 0 Å². The van der Waals surface area contributed by atoms with Crippen molar-refractivity contribution < 1.29 is 4.79 Å². The molecule has 3 heteroatoms. The molecule has 1 heterocycles. The highest BCUT2D eigenvalue weighted by Crippen LogP contribution is 2.20. The predicted octanol–water partition coefficient (Wildman–Crippen LogP) is 3.20. The summed E-state index contributed by atoms with van der Waals surface area (Å²) in [6, 6.07) is 10.4. The van der Waals surface area contributed by atoms with Gasteiger partial charge in [-0.1, -0.05) is 51.1 Å². The Bertz CT molecular complexity index is 444. The number of carbonyl (C=O) groups is 1. The summed E-state index contributed by atoms with van der Waals surface area (Å²) in [4.78, 5) is 14.6. The molecule has 1 fully saturated rings. The van der Waals surface area contributed by atoms with Gasteiger partial charge in [0.1, 0.15) is 0 Å². The molecular weight excluding hydrogens is 260 g/mol. The summed E-state index contributed by atoms with van der Waals surface area (Å²) in [5, 5.41) is 3.55. The van der Waals surface area contributed by atoms with Crippen LogP contribution in [0.4, 0.5) is 0 Å². The molecule has 1 aromatic rings. The van der Waals surface area contributed by atoms with E-state index in [4.69, 9.17) is 0 Å². The van der Waals surface area contributed by atoms with Gasteiger partial charge in [0.05, 0.1) is 12.2 Å². The van der Waals surface area contributed by atoms with Gasteiger partial charge in [-0.3, -0.25) is 10.1 Å². The summed E-state index contributed by atoms with van der Waals surface area (Å²) in [6.07, 6.45) is 4.12. The molecular formula is C18H28N2O. The Kier molecular flexibility index (Phi) is 5.80. The average molecular weight is 288 g/mol. The van der Waals surface area contributed by atoms with E-state index >= 15 is 0 Å². The van der Waals surface area contributed by atoms with Gasteiger partial charge in [0.15, 0.2) is 0 Å². The lowest BCUT2D eigenvalue weighted by atomic mass is 10.1. The summed E-state index contributed by atoms with van der Waals surface area (Å²) < 4.78 is 0. The third-order valence-electron chi connectivity index (χ3n) is 4.07. The van der Waals surface area contributed by atoms with Gasteiger partial charge in [-0.2, -0.15) is 0 Å². The normalized spacial score (nSPS) is 22.3. The Balaban J connectivity index is 1.95. The number of amides is 1. The van der Waals surface area contributed by atoms with Crippen LogP contribution in [-0.4, -0.2) is 29.6 Å². The molecule has 1 aromatic carbocycles. The monoisotopic (exact) mass is 288 g/mol. The summed E-state index contributed by atoms with van der Waals surface area (Å²) in [7, 11) is 0. The zero-order valence-electron chi connectivity index (χ0n) is 13.5. The van der Waals surface area contributed by atoms with Gasteiger partial charge in [-0.15, -0.1) is 0 Å². The molecule has 1 aliphatic heterocycles. The number of nitrogens with zero attached hydrogens (tertiary/aromatic N) is 1. The van der Waals surface area contributed by atoms with Gasteiger partial charge >= 0.3 is 0 Å². The molecule has 21 heavy (non-hydrogen) atoms. The summed E-state index contributed by atoms with van der Waals surface area (Å²) >= 11 is 0. The van der Waals surface area contributed by atoms with Crippen molar-refractivity contribution in [2.45, 2.75) is 58.7 Å². The molecule has 0 aromatic heterocycles. The predicted molar refractivity (Wildman–Crippen MR) is 86.9 cm³/mol. The van der Waals surface area contributed by atoms with Crippen molar-refractivity contribution >= 4 is 5.91 Å². The molecule has 1 aliphatic rings. The second-order valence-corrected chi connectivity index (χ2v) is 6.42. The van der Waals surface area contributed by atoms with Crippen molar-refractivity contribution in [1.29, 1.82) is 0 Å². The first-order valence-electron chi connectivity index (χ1n) is 8.22. The van der Waals surface area contributed by atoms with E-state index in [1.807, 2.05) is 6.07 Å². The second-order valence-electron chi connectivity index (χ2n) is 6.42. The number of nitrogens with one attached hydrogen (secondary N) is 1. The highest BCUT2D eigenvalue weighted by atomic mass is 16.2. The zero-order valence-corrected chi connectivity index (χ0v) is 13.5. The zero-order chi connectivity index (χ0) is 15.2. The van der Waals surface area contributed by atoms with Gasteiger partial charge in [-0.05, 0) is 37.2 Å². The third-order valence-corrected chi connectivity index (χ3v) is 4.07. The topological polar surface area (TPSA) is 32.3 Å². The van der Waals surface area contributed by atoms with E-state index in [1.165, 1.54) is 5.56 Å². The van der Waals surface area contributed by atoms with Crippen molar-refractivity contribution in [3.63, 3.8) is 0 Å². The van der Waals surface area contributed by atoms with Crippen LogP contribution in [0.1, 0.15) is 45.6 Å². The van der Waals surface area contributed by atoms with E-state index in [-0.39, 0.29) is 12.2 Å². The highest BCUT2D eigenvalue weighted by molar-refractivity contribution is 5.84. The van der Waals surface area contributed by atoms with E-state index in [9.17, 15) is 4.79 Å². The number of aryl methyl sites for hydroxylation is 1. The van der Waals surface area contributed by atoms with Gasteiger partial charge in [0, 0.05) is 6.54 Å². The number of carbonyl (C=O) groups excluding carboxylic acids is 1.